The summed E-state index contributed by atoms with van der Waals surface area (Å²) in [7, 11) is 1.39. The first kappa shape index (κ1) is 39.1. The van der Waals surface area contributed by atoms with Crippen molar-refractivity contribution in [3.63, 3.8) is 0 Å². The van der Waals surface area contributed by atoms with Crippen LogP contribution in [0.3, 0.4) is 0 Å². The van der Waals surface area contributed by atoms with Crippen LogP contribution in [0.25, 0.3) is 5.57 Å². The maximum absolute atomic E-state index is 2.40. The van der Waals surface area contributed by atoms with E-state index in [4.69, 9.17) is 0 Å². The summed E-state index contributed by atoms with van der Waals surface area (Å²) < 4.78 is 0. The van der Waals surface area contributed by atoms with E-state index in [2.05, 4.69) is 180 Å². The molecule has 0 spiro atoms. The van der Waals surface area contributed by atoms with Crippen molar-refractivity contribution in [3.8, 4) is 0 Å². The second kappa shape index (κ2) is 16.2. The standard InChI is InChI=1S/C25H30P2.C15H26P.Co/c1-24(2,3)22-23(25(4,5)6)27(22)26-18-17-21(19-13-9-7-10-14-19)20-15-11-8-12-16-20;1-14(2,3)16(15(4,5)6)12-11-13-9-7-8-10-13;/h7-18H,1-6H3;7-10H,11-12H2,1-6H3;. The van der Waals surface area contributed by atoms with Crippen molar-refractivity contribution < 1.29 is 16.8 Å². The Morgan fingerprint density at radius 2 is 1.07 bits per heavy atom. The first-order valence-electron chi connectivity index (χ1n) is 15.8. The van der Waals surface area contributed by atoms with Gasteiger partial charge in [0.05, 0.1) is 0 Å². The van der Waals surface area contributed by atoms with Crippen molar-refractivity contribution in [3.05, 3.63) is 119 Å². The van der Waals surface area contributed by atoms with Gasteiger partial charge in [-0.3, -0.25) is 0 Å². The van der Waals surface area contributed by atoms with Crippen molar-refractivity contribution in [2.45, 2.75) is 99.8 Å². The van der Waals surface area contributed by atoms with Crippen LogP contribution in [0.1, 0.15) is 101 Å². The molecule has 4 heteroatoms. The third kappa shape index (κ3) is 11.6. The Bertz CT molecular complexity index is 1240. The molecule has 0 unspecified atom stereocenters. The van der Waals surface area contributed by atoms with Crippen LogP contribution in [0, 0.1) is 16.7 Å². The molecule has 4 rings (SSSR count). The molecule has 0 atom stereocenters. The summed E-state index contributed by atoms with van der Waals surface area (Å²) in [6, 6.07) is 21.4. The van der Waals surface area contributed by atoms with Crippen LogP contribution < -0.4 is 0 Å². The largest absolute Gasteiger partial charge is 0.0956 e. The number of hydrogen-bond donors (Lipinski definition) is 0. The van der Waals surface area contributed by atoms with Crippen LogP contribution in [0.2, 0.25) is 0 Å². The molecular formula is C40H56CoP3. The third-order valence-corrected chi connectivity index (χ3v) is 16.7. The molecule has 0 fully saturated rings. The molecule has 2 aromatic carbocycles. The van der Waals surface area contributed by atoms with E-state index >= 15 is 0 Å². The van der Waals surface area contributed by atoms with E-state index in [1.165, 1.54) is 43.1 Å². The minimum atomic E-state index is -0.116. The van der Waals surface area contributed by atoms with Crippen molar-refractivity contribution in [2.75, 3.05) is 6.16 Å². The van der Waals surface area contributed by atoms with Crippen LogP contribution in [0.4, 0.5) is 0 Å². The average Bonchev–Trinajstić information content (AvgIpc) is 3.44. The van der Waals surface area contributed by atoms with Gasteiger partial charge in [-0.1, -0.05) is 184 Å². The van der Waals surface area contributed by atoms with Gasteiger partial charge in [0.1, 0.15) is 0 Å². The molecule has 0 N–H and O–H groups in total. The summed E-state index contributed by atoms with van der Waals surface area (Å²) in [6.07, 6.45) is 13.7. The van der Waals surface area contributed by atoms with E-state index in [1.54, 1.807) is 10.6 Å². The van der Waals surface area contributed by atoms with Gasteiger partial charge in [-0.15, -0.1) is 0 Å². The minimum absolute atomic E-state index is 0. The summed E-state index contributed by atoms with van der Waals surface area (Å²) >= 11 is 0. The maximum atomic E-state index is 2.40. The molecule has 0 nitrogen and oxygen atoms in total. The fourth-order valence-electron chi connectivity index (χ4n) is 5.89. The quantitative estimate of drug-likeness (QED) is 0.254. The molecule has 1 aliphatic heterocycles. The number of rotatable bonds is 7. The van der Waals surface area contributed by atoms with Crippen LogP contribution >= 0.6 is 23.4 Å². The summed E-state index contributed by atoms with van der Waals surface area (Å²) in [4.78, 5) is 0. The number of hydrogen-bond acceptors (Lipinski definition) is 0. The maximum Gasteiger partial charge on any atom is 0.0197 e. The van der Waals surface area contributed by atoms with Gasteiger partial charge in [-0.05, 0) is 72.9 Å². The average molecular weight is 689 g/mol. The minimum Gasteiger partial charge on any atom is -0.0956 e. The Labute approximate surface area is 285 Å². The molecule has 2 aromatic rings. The van der Waals surface area contributed by atoms with Gasteiger partial charge in [0.25, 0.3) is 0 Å². The summed E-state index contributed by atoms with van der Waals surface area (Å²) in [5.41, 5.74) is 4.44. The van der Waals surface area contributed by atoms with E-state index in [9.17, 15) is 0 Å². The summed E-state index contributed by atoms with van der Waals surface area (Å²) in [5, 5.41) is 4.36. The van der Waals surface area contributed by atoms with Crippen molar-refractivity contribution in [1.29, 1.82) is 0 Å². The van der Waals surface area contributed by atoms with E-state index in [0.29, 0.717) is 21.1 Å². The van der Waals surface area contributed by atoms with Crippen LogP contribution in [0.5, 0.6) is 0 Å². The predicted octanol–water partition coefficient (Wildman–Crippen LogP) is 13.7. The molecule has 0 saturated heterocycles. The Morgan fingerprint density at radius 1 is 0.659 bits per heavy atom. The van der Waals surface area contributed by atoms with E-state index in [1.807, 2.05) is 0 Å². The zero-order valence-electron chi connectivity index (χ0n) is 29.3. The third-order valence-electron chi connectivity index (χ3n) is 7.59. The van der Waals surface area contributed by atoms with Gasteiger partial charge in [0.15, 0.2) is 0 Å². The topological polar surface area (TPSA) is 0 Å². The Hall–Kier alpha value is -1.06. The van der Waals surface area contributed by atoms with Gasteiger partial charge in [0.2, 0.25) is 0 Å². The van der Waals surface area contributed by atoms with Crippen molar-refractivity contribution in [2.24, 2.45) is 10.8 Å². The van der Waals surface area contributed by atoms with Gasteiger partial charge in [-0.25, -0.2) is 0 Å². The summed E-state index contributed by atoms with van der Waals surface area (Å²) in [5.74, 6) is 3.88. The molecule has 0 amide bonds. The second-order valence-corrected chi connectivity index (χ2v) is 23.5. The fourth-order valence-corrected chi connectivity index (χ4v) is 16.5. The zero-order valence-corrected chi connectivity index (χ0v) is 33.1. The zero-order chi connectivity index (χ0) is 32.1. The Morgan fingerprint density at radius 3 is 1.43 bits per heavy atom. The first-order chi connectivity index (χ1) is 19.9. The van der Waals surface area contributed by atoms with Crippen molar-refractivity contribution >= 4 is 34.8 Å². The Kier molecular flexibility index (Phi) is 14.4. The van der Waals surface area contributed by atoms with Crippen LogP contribution in [-0.2, 0) is 16.8 Å². The molecule has 44 heavy (non-hydrogen) atoms. The normalized spacial score (nSPS) is 15.8. The van der Waals surface area contributed by atoms with Gasteiger partial charge >= 0.3 is 0 Å². The molecule has 0 saturated carbocycles. The molecule has 2 aliphatic rings. The van der Waals surface area contributed by atoms with E-state index in [0.717, 1.165) is 0 Å². The van der Waals surface area contributed by atoms with Crippen LogP contribution in [-0.4, -0.2) is 22.3 Å². The van der Waals surface area contributed by atoms with Crippen LogP contribution in [0.15, 0.2) is 102 Å². The second-order valence-electron chi connectivity index (χ2n) is 15.6. The fraction of sp³-hybridized carbons (Fsp3) is 0.450. The van der Waals surface area contributed by atoms with Gasteiger partial charge < -0.3 is 0 Å². The summed E-state index contributed by atoms with van der Waals surface area (Å²) in [6.45, 7) is 28.6. The molecule has 1 aliphatic carbocycles. The number of benzene rings is 2. The monoisotopic (exact) mass is 688 g/mol. The predicted molar refractivity (Wildman–Crippen MR) is 203 cm³/mol. The van der Waals surface area contributed by atoms with E-state index < -0.39 is 0 Å². The molecule has 2 radical (unpaired) electrons. The SMILES string of the molecule is CC(C)(C)C1=C(C(C)(C)C)P1P=CC=C(c1ccccc1)c1ccccc1.CC(C)(C)P(CC[C]1C=CC=C1)C(C)(C)C.[Co]. The molecule has 0 bridgehead atoms. The van der Waals surface area contributed by atoms with Gasteiger partial charge in [0, 0.05) is 30.3 Å². The molecule has 240 valence electrons. The number of allylic oxidation sites excluding steroid dienone is 7. The molecule has 0 aromatic heterocycles. The Balaban J connectivity index is 0.000000342. The first-order valence-corrected chi connectivity index (χ1v) is 20.3. The van der Waals surface area contributed by atoms with E-state index in [-0.39, 0.29) is 32.3 Å². The van der Waals surface area contributed by atoms with Gasteiger partial charge in [-0.2, -0.15) is 0 Å². The molecule has 1 heterocycles. The smallest absolute Gasteiger partial charge is 0.0197 e. The molecular weight excluding hydrogens is 632 g/mol. The van der Waals surface area contributed by atoms with Crippen molar-refractivity contribution in [1.82, 2.24) is 0 Å².